The maximum Gasteiger partial charge on any atom is 0.194 e. The Morgan fingerprint density at radius 2 is 2.00 bits per heavy atom. The monoisotopic (exact) mass is 392 g/mol. The van der Waals surface area contributed by atoms with Gasteiger partial charge in [-0.15, -0.1) is 34.2 Å². The highest BCUT2D eigenvalue weighted by atomic mass is 127. The van der Waals surface area contributed by atoms with Crippen LogP contribution in [0.15, 0.2) is 4.99 Å². The lowest BCUT2D eigenvalue weighted by molar-refractivity contribution is 0.273. The van der Waals surface area contributed by atoms with Gasteiger partial charge in [-0.25, -0.2) is 0 Å². The van der Waals surface area contributed by atoms with E-state index in [-0.39, 0.29) is 24.0 Å². The molecule has 0 aliphatic carbocycles. The van der Waals surface area contributed by atoms with Crippen LogP contribution in [0, 0.1) is 12.8 Å². The smallest absolute Gasteiger partial charge is 0.194 e. The molecule has 0 bridgehead atoms. The van der Waals surface area contributed by atoms with Crippen LogP contribution < -0.4 is 5.32 Å². The second-order valence-corrected chi connectivity index (χ2v) is 5.29. The third-order valence-corrected chi connectivity index (χ3v) is 3.88. The minimum atomic E-state index is 0. The van der Waals surface area contributed by atoms with E-state index in [4.69, 9.17) is 0 Å². The van der Waals surface area contributed by atoms with Crippen molar-refractivity contribution >= 4 is 29.9 Å². The molecule has 1 aromatic heterocycles. The fourth-order valence-electron chi connectivity index (χ4n) is 2.32. The van der Waals surface area contributed by atoms with E-state index in [1.54, 1.807) is 0 Å². The van der Waals surface area contributed by atoms with Crippen molar-refractivity contribution in [2.75, 3.05) is 20.1 Å². The molecule has 0 aromatic carbocycles. The predicted octanol–water partition coefficient (Wildman–Crippen LogP) is 1.55. The van der Waals surface area contributed by atoms with Crippen LogP contribution >= 0.6 is 24.0 Å². The van der Waals surface area contributed by atoms with Gasteiger partial charge < -0.3 is 14.8 Å². The van der Waals surface area contributed by atoms with Gasteiger partial charge in [-0.3, -0.25) is 4.99 Å². The average molecular weight is 392 g/mol. The fourth-order valence-corrected chi connectivity index (χ4v) is 2.32. The minimum absolute atomic E-state index is 0. The Kier molecular flexibility index (Phi) is 6.70. The summed E-state index contributed by atoms with van der Waals surface area (Å²) in [7, 11) is 3.82. The van der Waals surface area contributed by atoms with Gasteiger partial charge in [0, 0.05) is 27.2 Å². The number of aliphatic imine (C=N–C) groups is 1. The lowest BCUT2D eigenvalue weighted by Crippen LogP contribution is -2.45. The summed E-state index contributed by atoms with van der Waals surface area (Å²) in [6, 6.07) is 0. The number of guanidine groups is 1. The third kappa shape index (κ3) is 4.07. The lowest BCUT2D eigenvalue weighted by Gasteiger charge is -2.32. The van der Waals surface area contributed by atoms with Crippen molar-refractivity contribution in [1.82, 2.24) is 25.0 Å². The molecular formula is C13H25IN6. The predicted molar refractivity (Wildman–Crippen MR) is 91.3 cm³/mol. The zero-order valence-electron chi connectivity index (χ0n) is 12.8. The number of aromatic nitrogens is 3. The summed E-state index contributed by atoms with van der Waals surface area (Å²) in [5, 5.41) is 11.6. The zero-order chi connectivity index (χ0) is 13.8. The van der Waals surface area contributed by atoms with Crippen molar-refractivity contribution in [2.24, 2.45) is 18.0 Å². The number of nitrogens with zero attached hydrogens (tertiary/aromatic N) is 5. The largest absolute Gasteiger partial charge is 0.349 e. The second kappa shape index (κ2) is 7.80. The van der Waals surface area contributed by atoms with Gasteiger partial charge in [-0.1, -0.05) is 6.92 Å². The molecule has 114 valence electrons. The maximum absolute atomic E-state index is 4.36. The van der Waals surface area contributed by atoms with Gasteiger partial charge in [0.05, 0.1) is 6.54 Å². The van der Waals surface area contributed by atoms with Gasteiger partial charge in [-0.2, -0.15) is 0 Å². The molecule has 2 rings (SSSR count). The molecular weight excluding hydrogens is 367 g/mol. The first kappa shape index (κ1) is 17.2. The molecule has 2 heterocycles. The van der Waals surface area contributed by atoms with Crippen molar-refractivity contribution < 1.29 is 0 Å². The van der Waals surface area contributed by atoms with Gasteiger partial charge in [0.25, 0.3) is 0 Å². The standard InChI is InChI=1S/C13H24N6.HI/c1-10-5-7-19(8-6-10)13(14-3)15-9-12-17-16-11(2)18(12)4;/h10H,5-9H2,1-4H3,(H,14,15);1H. The molecule has 1 N–H and O–H groups in total. The van der Waals surface area contributed by atoms with E-state index in [0.717, 1.165) is 36.6 Å². The van der Waals surface area contributed by atoms with Crippen molar-refractivity contribution in [3.8, 4) is 0 Å². The van der Waals surface area contributed by atoms with Crippen LogP contribution in [0.4, 0.5) is 0 Å². The van der Waals surface area contributed by atoms with Crippen molar-refractivity contribution in [1.29, 1.82) is 0 Å². The van der Waals surface area contributed by atoms with Crippen LogP contribution in [0.3, 0.4) is 0 Å². The quantitative estimate of drug-likeness (QED) is 0.472. The second-order valence-electron chi connectivity index (χ2n) is 5.29. The molecule has 0 unspecified atom stereocenters. The molecule has 0 spiro atoms. The van der Waals surface area contributed by atoms with E-state index in [1.165, 1.54) is 12.8 Å². The first-order chi connectivity index (χ1) is 9.11. The van der Waals surface area contributed by atoms with Gasteiger partial charge in [0.15, 0.2) is 11.8 Å². The van der Waals surface area contributed by atoms with Crippen LogP contribution in [0.5, 0.6) is 0 Å². The Bertz CT molecular complexity index is 448. The topological polar surface area (TPSA) is 58.3 Å². The van der Waals surface area contributed by atoms with Crippen LogP contribution in [0.1, 0.15) is 31.4 Å². The van der Waals surface area contributed by atoms with E-state index in [2.05, 4.69) is 32.3 Å². The van der Waals surface area contributed by atoms with Gasteiger partial charge >= 0.3 is 0 Å². The molecule has 0 amide bonds. The molecule has 20 heavy (non-hydrogen) atoms. The molecule has 1 aliphatic heterocycles. The molecule has 7 heteroatoms. The van der Waals surface area contributed by atoms with E-state index < -0.39 is 0 Å². The maximum atomic E-state index is 4.36. The summed E-state index contributed by atoms with van der Waals surface area (Å²) >= 11 is 0. The molecule has 1 saturated heterocycles. The molecule has 1 fully saturated rings. The fraction of sp³-hybridized carbons (Fsp3) is 0.769. The van der Waals surface area contributed by atoms with E-state index >= 15 is 0 Å². The number of rotatable bonds is 2. The molecule has 1 aliphatic rings. The lowest BCUT2D eigenvalue weighted by atomic mass is 10.00. The molecule has 0 radical (unpaired) electrons. The first-order valence-electron chi connectivity index (χ1n) is 6.92. The third-order valence-electron chi connectivity index (χ3n) is 3.88. The van der Waals surface area contributed by atoms with Crippen molar-refractivity contribution in [3.05, 3.63) is 11.6 Å². The van der Waals surface area contributed by atoms with Gasteiger partial charge in [0.1, 0.15) is 5.82 Å². The highest BCUT2D eigenvalue weighted by Crippen LogP contribution is 2.15. The van der Waals surface area contributed by atoms with Crippen LogP contribution in [-0.2, 0) is 13.6 Å². The highest BCUT2D eigenvalue weighted by molar-refractivity contribution is 14.0. The molecule has 1 aromatic rings. The summed E-state index contributed by atoms with van der Waals surface area (Å²) in [6.07, 6.45) is 2.48. The van der Waals surface area contributed by atoms with Gasteiger partial charge in [-0.05, 0) is 25.7 Å². The number of hydrogen-bond acceptors (Lipinski definition) is 3. The number of aryl methyl sites for hydroxylation is 1. The molecule has 0 saturated carbocycles. The Labute approximate surface area is 138 Å². The highest BCUT2D eigenvalue weighted by Gasteiger charge is 2.18. The summed E-state index contributed by atoms with van der Waals surface area (Å²) in [6.45, 7) is 7.10. The summed E-state index contributed by atoms with van der Waals surface area (Å²) in [5.74, 6) is 3.66. The van der Waals surface area contributed by atoms with E-state index in [0.29, 0.717) is 6.54 Å². The van der Waals surface area contributed by atoms with Gasteiger partial charge in [0.2, 0.25) is 0 Å². The normalized spacial score (nSPS) is 17.0. The summed E-state index contributed by atoms with van der Waals surface area (Å²) in [5.41, 5.74) is 0. The Morgan fingerprint density at radius 1 is 1.35 bits per heavy atom. The van der Waals surface area contributed by atoms with Crippen LogP contribution in [-0.4, -0.2) is 45.8 Å². The zero-order valence-corrected chi connectivity index (χ0v) is 15.1. The summed E-state index contributed by atoms with van der Waals surface area (Å²) in [4.78, 5) is 6.68. The Hall–Kier alpha value is -0.860. The van der Waals surface area contributed by atoms with Crippen LogP contribution in [0.25, 0.3) is 0 Å². The Balaban J connectivity index is 0.00000200. The summed E-state index contributed by atoms with van der Waals surface area (Å²) < 4.78 is 2.00. The number of likely N-dealkylation sites (tertiary alicyclic amines) is 1. The van der Waals surface area contributed by atoms with E-state index in [1.807, 2.05) is 25.6 Å². The molecule has 0 atom stereocenters. The van der Waals surface area contributed by atoms with Crippen molar-refractivity contribution in [3.63, 3.8) is 0 Å². The number of hydrogen-bond donors (Lipinski definition) is 1. The Morgan fingerprint density at radius 3 is 2.50 bits per heavy atom. The minimum Gasteiger partial charge on any atom is -0.349 e. The molecule has 6 nitrogen and oxygen atoms in total. The first-order valence-corrected chi connectivity index (χ1v) is 6.92. The number of halogens is 1. The SMILES string of the molecule is CN=C(NCc1nnc(C)n1C)N1CCC(C)CC1.I. The van der Waals surface area contributed by atoms with Crippen molar-refractivity contribution in [2.45, 2.75) is 33.2 Å². The van der Waals surface area contributed by atoms with Crippen LogP contribution in [0.2, 0.25) is 0 Å². The number of nitrogens with one attached hydrogen (secondary N) is 1. The number of piperidine rings is 1. The average Bonchev–Trinajstić information content (AvgIpc) is 2.73. The van der Waals surface area contributed by atoms with E-state index in [9.17, 15) is 0 Å².